The molecular formula is C21H32Cl2N4O2. The second kappa shape index (κ2) is 10.1. The molecular weight excluding hydrogens is 411 g/mol. The lowest BCUT2D eigenvalue weighted by Crippen LogP contribution is -2.47. The van der Waals surface area contributed by atoms with Crippen molar-refractivity contribution in [2.75, 3.05) is 38.5 Å². The molecule has 1 saturated heterocycles. The highest BCUT2D eigenvalue weighted by molar-refractivity contribution is 5.94. The minimum absolute atomic E-state index is 0. The van der Waals surface area contributed by atoms with Gasteiger partial charge >= 0.3 is 0 Å². The molecule has 4 unspecified atom stereocenters. The summed E-state index contributed by atoms with van der Waals surface area (Å²) in [5.41, 5.74) is 7.99. The zero-order valence-corrected chi connectivity index (χ0v) is 18.5. The van der Waals surface area contributed by atoms with E-state index in [1.807, 2.05) is 29.2 Å². The molecule has 0 radical (unpaired) electrons. The lowest BCUT2D eigenvalue weighted by molar-refractivity contribution is -0.132. The van der Waals surface area contributed by atoms with Crippen molar-refractivity contribution in [2.24, 2.45) is 23.5 Å². The molecule has 2 bridgehead atoms. The van der Waals surface area contributed by atoms with Gasteiger partial charge in [0.1, 0.15) is 0 Å². The maximum atomic E-state index is 12.8. The molecule has 3 fully saturated rings. The van der Waals surface area contributed by atoms with Gasteiger partial charge in [-0.1, -0.05) is 12.1 Å². The molecule has 0 spiro atoms. The van der Waals surface area contributed by atoms with Crippen LogP contribution in [0.3, 0.4) is 0 Å². The van der Waals surface area contributed by atoms with Gasteiger partial charge in [0.2, 0.25) is 11.8 Å². The molecule has 8 heteroatoms. The number of fused-ring (bicyclic) bond motifs is 2. The van der Waals surface area contributed by atoms with Gasteiger partial charge < -0.3 is 20.9 Å². The van der Waals surface area contributed by atoms with Crippen LogP contribution >= 0.6 is 24.8 Å². The summed E-state index contributed by atoms with van der Waals surface area (Å²) in [6, 6.07) is 7.66. The fourth-order valence-electron chi connectivity index (χ4n) is 5.05. The predicted molar refractivity (Wildman–Crippen MR) is 120 cm³/mol. The summed E-state index contributed by atoms with van der Waals surface area (Å²) in [6.45, 7) is 3.42. The number of benzene rings is 1. The normalized spacial score (nSPS) is 28.4. The molecule has 1 aliphatic heterocycles. The van der Waals surface area contributed by atoms with E-state index in [4.69, 9.17) is 5.73 Å². The second-order valence-corrected chi connectivity index (χ2v) is 8.49. The van der Waals surface area contributed by atoms with E-state index < -0.39 is 0 Å². The zero-order valence-electron chi connectivity index (χ0n) is 16.9. The standard InChI is InChI=1S/C21H30N4O2.2ClH/c1-24-7-9-25(10-8-24)18(26)12-14-3-2-4-17(11-14)23-21(27)19-15-5-6-16(13-15)20(19)22;;/h2-4,11,15-16,19-20H,5-10,12-13,22H2,1H3,(H,23,27);2*1H. The average molecular weight is 443 g/mol. The van der Waals surface area contributed by atoms with E-state index in [2.05, 4.69) is 17.3 Å². The van der Waals surface area contributed by atoms with Crippen molar-refractivity contribution in [1.29, 1.82) is 0 Å². The molecule has 2 saturated carbocycles. The van der Waals surface area contributed by atoms with Crippen LogP contribution in [0.4, 0.5) is 5.69 Å². The average Bonchev–Trinajstić information content (AvgIpc) is 3.23. The smallest absolute Gasteiger partial charge is 0.229 e. The second-order valence-electron chi connectivity index (χ2n) is 8.49. The molecule has 162 valence electrons. The number of rotatable bonds is 4. The SMILES string of the molecule is CN1CCN(C(=O)Cc2cccc(NC(=O)C3C4CCC(C4)C3N)c2)CC1.Cl.Cl. The molecule has 1 heterocycles. The zero-order chi connectivity index (χ0) is 19.0. The number of nitrogens with one attached hydrogen (secondary N) is 1. The topological polar surface area (TPSA) is 78.7 Å². The first-order chi connectivity index (χ1) is 13.0. The van der Waals surface area contributed by atoms with Crippen molar-refractivity contribution < 1.29 is 9.59 Å². The molecule has 6 nitrogen and oxygen atoms in total. The van der Waals surface area contributed by atoms with Gasteiger partial charge in [-0.2, -0.15) is 0 Å². The largest absolute Gasteiger partial charge is 0.340 e. The first kappa shape index (κ1) is 23.9. The number of anilines is 1. The number of hydrogen-bond acceptors (Lipinski definition) is 4. The third-order valence-electron chi connectivity index (χ3n) is 6.69. The number of hydrogen-bond donors (Lipinski definition) is 2. The number of likely N-dealkylation sites (N-methyl/N-ethyl adjacent to an activating group) is 1. The Morgan fingerprint density at radius 2 is 1.79 bits per heavy atom. The van der Waals surface area contributed by atoms with Crippen molar-refractivity contribution in [3.05, 3.63) is 29.8 Å². The predicted octanol–water partition coefficient (Wildman–Crippen LogP) is 2.16. The molecule has 3 aliphatic rings. The fraction of sp³-hybridized carbons (Fsp3) is 0.619. The number of halogens is 2. The van der Waals surface area contributed by atoms with Gasteiger partial charge in [0, 0.05) is 37.9 Å². The highest BCUT2D eigenvalue weighted by atomic mass is 35.5. The maximum Gasteiger partial charge on any atom is 0.229 e. The molecule has 1 aromatic rings. The molecule has 0 aromatic heterocycles. The summed E-state index contributed by atoms with van der Waals surface area (Å²) < 4.78 is 0. The monoisotopic (exact) mass is 442 g/mol. The van der Waals surface area contributed by atoms with E-state index in [1.165, 1.54) is 6.42 Å². The van der Waals surface area contributed by atoms with Gasteiger partial charge in [-0.3, -0.25) is 9.59 Å². The van der Waals surface area contributed by atoms with Gasteiger partial charge in [0.05, 0.1) is 12.3 Å². The summed E-state index contributed by atoms with van der Waals surface area (Å²) in [7, 11) is 2.08. The van der Waals surface area contributed by atoms with Gasteiger partial charge in [-0.15, -0.1) is 24.8 Å². The Hall–Kier alpha value is -1.34. The van der Waals surface area contributed by atoms with Crippen LogP contribution in [-0.2, 0) is 16.0 Å². The Morgan fingerprint density at radius 3 is 2.45 bits per heavy atom. The highest BCUT2D eigenvalue weighted by Crippen LogP contribution is 2.47. The Balaban J connectivity index is 0.00000150. The van der Waals surface area contributed by atoms with E-state index in [9.17, 15) is 9.59 Å². The Kier molecular flexibility index (Phi) is 8.35. The summed E-state index contributed by atoms with van der Waals surface area (Å²) in [5, 5.41) is 3.05. The molecule has 1 aromatic carbocycles. The van der Waals surface area contributed by atoms with Gasteiger partial charge in [-0.05, 0) is 55.8 Å². The lowest BCUT2D eigenvalue weighted by atomic mass is 9.84. The first-order valence-electron chi connectivity index (χ1n) is 10.1. The van der Waals surface area contributed by atoms with Crippen LogP contribution in [0.15, 0.2) is 24.3 Å². The van der Waals surface area contributed by atoms with Gasteiger partial charge in [0.25, 0.3) is 0 Å². The lowest BCUT2D eigenvalue weighted by Gasteiger charge is -2.32. The number of nitrogens with zero attached hydrogens (tertiary/aromatic N) is 2. The minimum atomic E-state index is -0.0700. The molecule has 29 heavy (non-hydrogen) atoms. The molecule has 4 atom stereocenters. The van der Waals surface area contributed by atoms with E-state index in [0.29, 0.717) is 18.3 Å². The van der Waals surface area contributed by atoms with E-state index in [0.717, 1.165) is 50.3 Å². The van der Waals surface area contributed by atoms with Crippen molar-refractivity contribution in [1.82, 2.24) is 9.80 Å². The molecule has 2 aliphatic carbocycles. The van der Waals surface area contributed by atoms with Crippen LogP contribution < -0.4 is 11.1 Å². The Morgan fingerprint density at radius 1 is 1.10 bits per heavy atom. The van der Waals surface area contributed by atoms with Crippen molar-refractivity contribution in [3.8, 4) is 0 Å². The summed E-state index contributed by atoms with van der Waals surface area (Å²) >= 11 is 0. The minimum Gasteiger partial charge on any atom is -0.340 e. The third-order valence-corrected chi connectivity index (χ3v) is 6.69. The van der Waals surface area contributed by atoms with Crippen LogP contribution in [0.25, 0.3) is 0 Å². The first-order valence-corrected chi connectivity index (χ1v) is 10.1. The number of amides is 2. The number of carbonyl (C=O) groups excluding carboxylic acids is 2. The summed E-state index contributed by atoms with van der Waals surface area (Å²) in [6.07, 6.45) is 3.76. The third kappa shape index (κ3) is 5.23. The summed E-state index contributed by atoms with van der Waals surface area (Å²) in [5.74, 6) is 1.07. The molecule has 3 N–H and O–H groups in total. The number of nitrogens with two attached hydrogens (primary N) is 1. The number of piperazine rings is 1. The Labute approximate surface area is 185 Å². The van der Waals surface area contributed by atoms with Gasteiger partial charge in [0.15, 0.2) is 0 Å². The molecule has 4 rings (SSSR count). The van der Waals surface area contributed by atoms with Crippen LogP contribution in [0.5, 0.6) is 0 Å². The van der Waals surface area contributed by atoms with E-state index in [-0.39, 0.29) is 48.6 Å². The van der Waals surface area contributed by atoms with Crippen LogP contribution in [0.2, 0.25) is 0 Å². The van der Waals surface area contributed by atoms with Crippen LogP contribution in [0, 0.1) is 17.8 Å². The van der Waals surface area contributed by atoms with Crippen LogP contribution in [-0.4, -0.2) is 60.9 Å². The van der Waals surface area contributed by atoms with Crippen molar-refractivity contribution in [3.63, 3.8) is 0 Å². The fourth-order valence-corrected chi connectivity index (χ4v) is 5.05. The summed E-state index contributed by atoms with van der Waals surface area (Å²) in [4.78, 5) is 29.5. The van der Waals surface area contributed by atoms with Gasteiger partial charge in [-0.25, -0.2) is 0 Å². The van der Waals surface area contributed by atoms with Crippen LogP contribution in [0.1, 0.15) is 24.8 Å². The van der Waals surface area contributed by atoms with E-state index >= 15 is 0 Å². The van der Waals surface area contributed by atoms with E-state index in [1.54, 1.807) is 0 Å². The van der Waals surface area contributed by atoms with Crippen molar-refractivity contribution >= 4 is 42.3 Å². The highest BCUT2D eigenvalue weighted by Gasteiger charge is 2.49. The van der Waals surface area contributed by atoms with Crippen molar-refractivity contribution in [2.45, 2.75) is 31.7 Å². The quantitative estimate of drug-likeness (QED) is 0.748. The Bertz CT molecular complexity index is 722. The molecule has 2 amide bonds. The maximum absolute atomic E-state index is 12.8. The number of carbonyl (C=O) groups is 2.